The molecule has 0 aliphatic carbocycles. The monoisotopic (exact) mass is 261 g/mol. The SMILES string of the molecule is CC1c2cc(F)ccc2NC1c1ccccc1Cl. The van der Waals surface area contributed by atoms with Crippen LogP contribution in [0.1, 0.15) is 30.0 Å². The predicted molar refractivity (Wildman–Crippen MR) is 72.6 cm³/mol. The number of hydrogen-bond acceptors (Lipinski definition) is 1. The molecule has 92 valence electrons. The molecule has 1 aliphatic rings. The van der Waals surface area contributed by atoms with Gasteiger partial charge in [0, 0.05) is 16.6 Å². The molecule has 2 aromatic carbocycles. The third kappa shape index (κ3) is 1.77. The Balaban J connectivity index is 2.02. The van der Waals surface area contributed by atoms with Gasteiger partial charge in [-0.3, -0.25) is 0 Å². The van der Waals surface area contributed by atoms with Crippen LogP contribution in [-0.4, -0.2) is 0 Å². The Hall–Kier alpha value is -1.54. The van der Waals surface area contributed by atoms with Gasteiger partial charge in [0.2, 0.25) is 0 Å². The fraction of sp³-hybridized carbons (Fsp3) is 0.200. The standard InChI is InChI=1S/C15H13ClFN/c1-9-12-8-10(17)6-7-14(12)18-15(9)11-4-2-3-5-13(11)16/h2-9,15,18H,1H3. The van der Waals surface area contributed by atoms with E-state index in [1.165, 1.54) is 6.07 Å². The molecule has 1 nitrogen and oxygen atoms in total. The number of nitrogens with one attached hydrogen (secondary N) is 1. The maximum Gasteiger partial charge on any atom is 0.123 e. The lowest BCUT2D eigenvalue weighted by Crippen LogP contribution is -2.09. The molecule has 2 aromatic rings. The highest BCUT2D eigenvalue weighted by molar-refractivity contribution is 6.31. The molecule has 3 heteroatoms. The van der Waals surface area contributed by atoms with E-state index in [-0.39, 0.29) is 17.8 Å². The molecule has 0 saturated heterocycles. The van der Waals surface area contributed by atoms with Gasteiger partial charge >= 0.3 is 0 Å². The van der Waals surface area contributed by atoms with Crippen LogP contribution < -0.4 is 5.32 Å². The second kappa shape index (κ2) is 4.29. The molecule has 1 aliphatic heterocycles. The first kappa shape index (κ1) is 11.5. The van der Waals surface area contributed by atoms with Crippen molar-refractivity contribution in [2.45, 2.75) is 18.9 Å². The Morgan fingerprint density at radius 2 is 1.89 bits per heavy atom. The largest absolute Gasteiger partial charge is 0.377 e. The minimum atomic E-state index is -0.192. The molecular formula is C15H13ClFN. The van der Waals surface area contributed by atoms with Crippen molar-refractivity contribution in [2.75, 3.05) is 5.32 Å². The van der Waals surface area contributed by atoms with Gasteiger partial charge in [-0.05, 0) is 35.4 Å². The van der Waals surface area contributed by atoms with Gasteiger partial charge < -0.3 is 5.32 Å². The first-order valence-electron chi connectivity index (χ1n) is 5.97. The fourth-order valence-electron chi connectivity index (χ4n) is 2.59. The summed E-state index contributed by atoms with van der Waals surface area (Å²) in [6, 6.07) is 12.8. The number of hydrogen-bond donors (Lipinski definition) is 1. The predicted octanol–water partition coefficient (Wildman–Crippen LogP) is 4.75. The maximum atomic E-state index is 13.3. The summed E-state index contributed by atoms with van der Waals surface area (Å²) in [4.78, 5) is 0. The minimum Gasteiger partial charge on any atom is -0.377 e. The summed E-state index contributed by atoms with van der Waals surface area (Å²) >= 11 is 6.23. The summed E-state index contributed by atoms with van der Waals surface area (Å²) in [6.07, 6.45) is 0. The number of fused-ring (bicyclic) bond motifs is 1. The molecule has 18 heavy (non-hydrogen) atoms. The van der Waals surface area contributed by atoms with Crippen LogP contribution >= 0.6 is 11.6 Å². The van der Waals surface area contributed by atoms with E-state index in [9.17, 15) is 4.39 Å². The molecule has 0 spiro atoms. The summed E-state index contributed by atoms with van der Waals surface area (Å²) in [7, 11) is 0. The molecule has 0 fully saturated rings. The molecule has 0 bridgehead atoms. The van der Waals surface area contributed by atoms with Crippen LogP contribution in [0.2, 0.25) is 5.02 Å². The van der Waals surface area contributed by atoms with Gasteiger partial charge in [0.05, 0.1) is 6.04 Å². The summed E-state index contributed by atoms with van der Waals surface area (Å²) in [5, 5.41) is 4.16. The van der Waals surface area contributed by atoms with E-state index in [4.69, 9.17) is 11.6 Å². The zero-order chi connectivity index (χ0) is 12.7. The molecule has 0 radical (unpaired) electrons. The molecule has 0 saturated carbocycles. The smallest absolute Gasteiger partial charge is 0.123 e. The van der Waals surface area contributed by atoms with Crippen LogP contribution in [-0.2, 0) is 0 Å². The van der Waals surface area contributed by atoms with Gasteiger partial charge in [-0.15, -0.1) is 0 Å². The van der Waals surface area contributed by atoms with Crippen molar-refractivity contribution in [3.63, 3.8) is 0 Å². The number of rotatable bonds is 1. The highest BCUT2D eigenvalue weighted by Crippen LogP contribution is 2.45. The van der Waals surface area contributed by atoms with Crippen molar-refractivity contribution >= 4 is 17.3 Å². The van der Waals surface area contributed by atoms with Crippen molar-refractivity contribution in [1.82, 2.24) is 0 Å². The molecule has 1 heterocycles. The third-order valence-electron chi connectivity index (χ3n) is 3.56. The zero-order valence-electron chi connectivity index (χ0n) is 9.95. The Morgan fingerprint density at radius 3 is 2.67 bits per heavy atom. The third-order valence-corrected chi connectivity index (χ3v) is 3.90. The van der Waals surface area contributed by atoms with Crippen molar-refractivity contribution in [3.05, 3.63) is 64.4 Å². The van der Waals surface area contributed by atoms with Crippen LogP contribution in [0, 0.1) is 5.82 Å². The van der Waals surface area contributed by atoms with Gasteiger partial charge in [-0.2, -0.15) is 0 Å². The van der Waals surface area contributed by atoms with E-state index in [1.807, 2.05) is 24.3 Å². The molecular weight excluding hydrogens is 249 g/mol. The van der Waals surface area contributed by atoms with E-state index >= 15 is 0 Å². The summed E-state index contributed by atoms with van der Waals surface area (Å²) in [5.41, 5.74) is 3.07. The van der Waals surface area contributed by atoms with Gasteiger partial charge in [0.15, 0.2) is 0 Å². The van der Waals surface area contributed by atoms with E-state index in [0.29, 0.717) is 0 Å². The molecule has 2 atom stereocenters. The van der Waals surface area contributed by atoms with E-state index in [2.05, 4.69) is 12.2 Å². The Morgan fingerprint density at radius 1 is 1.11 bits per heavy atom. The lowest BCUT2D eigenvalue weighted by molar-refractivity contribution is 0.619. The highest BCUT2D eigenvalue weighted by atomic mass is 35.5. The zero-order valence-corrected chi connectivity index (χ0v) is 10.7. The fourth-order valence-corrected chi connectivity index (χ4v) is 2.84. The van der Waals surface area contributed by atoms with E-state index in [1.54, 1.807) is 12.1 Å². The van der Waals surface area contributed by atoms with Crippen LogP contribution in [0.3, 0.4) is 0 Å². The summed E-state index contributed by atoms with van der Waals surface area (Å²) in [6.45, 7) is 2.09. The first-order chi connectivity index (χ1) is 8.66. The Labute approximate surface area is 111 Å². The maximum absolute atomic E-state index is 13.3. The second-order valence-electron chi connectivity index (χ2n) is 4.66. The average Bonchev–Trinajstić information content (AvgIpc) is 2.68. The van der Waals surface area contributed by atoms with E-state index < -0.39 is 0 Å². The minimum absolute atomic E-state index is 0.107. The molecule has 1 N–H and O–H groups in total. The molecule has 0 amide bonds. The number of halogens is 2. The highest BCUT2D eigenvalue weighted by Gasteiger charge is 2.31. The normalized spacial score (nSPS) is 21.5. The molecule has 2 unspecified atom stereocenters. The average molecular weight is 262 g/mol. The lowest BCUT2D eigenvalue weighted by Gasteiger charge is -2.18. The van der Waals surface area contributed by atoms with Crippen molar-refractivity contribution in [1.29, 1.82) is 0 Å². The van der Waals surface area contributed by atoms with Crippen LogP contribution in [0.25, 0.3) is 0 Å². The number of benzene rings is 2. The van der Waals surface area contributed by atoms with Crippen molar-refractivity contribution in [3.8, 4) is 0 Å². The van der Waals surface area contributed by atoms with Gasteiger partial charge in [0.1, 0.15) is 5.82 Å². The lowest BCUT2D eigenvalue weighted by atomic mass is 9.92. The van der Waals surface area contributed by atoms with Crippen LogP contribution in [0.5, 0.6) is 0 Å². The quantitative estimate of drug-likeness (QED) is 0.781. The number of anilines is 1. The van der Waals surface area contributed by atoms with Gasteiger partial charge in [-0.1, -0.05) is 36.7 Å². The van der Waals surface area contributed by atoms with Gasteiger partial charge in [0.25, 0.3) is 0 Å². The van der Waals surface area contributed by atoms with Crippen molar-refractivity contribution in [2.24, 2.45) is 0 Å². The first-order valence-corrected chi connectivity index (χ1v) is 6.35. The Kier molecular flexibility index (Phi) is 2.75. The molecule has 3 rings (SSSR count). The van der Waals surface area contributed by atoms with Crippen molar-refractivity contribution < 1.29 is 4.39 Å². The summed E-state index contributed by atoms with van der Waals surface area (Å²) in [5.74, 6) is 0.0119. The van der Waals surface area contributed by atoms with Crippen LogP contribution in [0.4, 0.5) is 10.1 Å². The Bertz CT molecular complexity index is 597. The topological polar surface area (TPSA) is 12.0 Å². The van der Waals surface area contributed by atoms with Gasteiger partial charge in [-0.25, -0.2) is 4.39 Å². The molecule has 0 aromatic heterocycles. The van der Waals surface area contributed by atoms with E-state index in [0.717, 1.165) is 21.8 Å². The summed E-state index contributed by atoms with van der Waals surface area (Å²) < 4.78 is 13.3. The van der Waals surface area contributed by atoms with Crippen LogP contribution in [0.15, 0.2) is 42.5 Å². The second-order valence-corrected chi connectivity index (χ2v) is 5.07.